The molecule has 0 aliphatic heterocycles. The normalized spacial score (nSPS) is 24.7. The van der Waals surface area contributed by atoms with E-state index in [-0.39, 0.29) is 5.92 Å². The first-order valence-electron chi connectivity index (χ1n) is 6.37. The van der Waals surface area contributed by atoms with Gasteiger partial charge in [-0.05, 0) is 37.0 Å². The van der Waals surface area contributed by atoms with Gasteiger partial charge in [-0.2, -0.15) is 0 Å². The summed E-state index contributed by atoms with van der Waals surface area (Å²) in [5, 5.41) is 11.1. The van der Waals surface area contributed by atoms with Crippen LogP contribution in [0, 0.1) is 5.92 Å². The Labute approximate surface area is 108 Å². The predicted octanol–water partition coefficient (Wildman–Crippen LogP) is 4.51. The van der Waals surface area contributed by atoms with E-state index in [1.54, 1.807) is 0 Å². The van der Waals surface area contributed by atoms with Gasteiger partial charge in [0, 0.05) is 10.9 Å². The molecule has 0 bridgehead atoms. The van der Waals surface area contributed by atoms with Gasteiger partial charge in [-0.15, -0.1) is 0 Å². The molecule has 17 heavy (non-hydrogen) atoms. The van der Waals surface area contributed by atoms with Crippen LogP contribution in [0.25, 0.3) is 0 Å². The molecule has 0 fully saturated rings. The Hall–Kier alpha value is -0.790. The quantitative estimate of drug-likeness (QED) is 0.766. The summed E-state index contributed by atoms with van der Waals surface area (Å²) in [5.74, 6) is 0.247. The van der Waals surface area contributed by atoms with Crippen LogP contribution in [0.1, 0.15) is 43.8 Å². The fraction of sp³-hybridized carbons (Fsp3) is 0.467. The number of halogens is 1. The van der Waals surface area contributed by atoms with Gasteiger partial charge in [-0.1, -0.05) is 48.7 Å². The molecule has 0 radical (unpaired) electrons. The molecule has 0 aromatic heterocycles. The number of aliphatic hydroxyl groups is 1. The van der Waals surface area contributed by atoms with Gasteiger partial charge < -0.3 is 5.11 Å². The standard InChI is InChI=1S/C15H19ClO/c16-14-10-8-13(9-11-14)15(17)12-6-4-2-1-3-5-7-12/h4,6,8-12,15,17H,1-3,5,7H2/b6-4-. The minimum Gasteiger partial charge on any atom is -0.388 e. The lowest BCUT2D eigenvalue weighted by Crippen LogP contribution is -2.11. The molecule has 0 saturated carbocycles. The van der Waals surface area contributed by atoms with Crippen molar-refractivity contribution in [3.05, 3.63) is 47.0 Å². The molecule has 1 aromatic carbocycles. The van der Waals surface area contributed by atoms with Crippen molar-refractivity contribution in [3.8, 4) is 0 Å². The first-order valence-corrected chi connectivity index (χ1v) is 6.75. The monoisotopic (exact) mass is 250 g/mol. The third-order valence-electron chi connectivity index (χ3n) is 3.41. The van der Waals surface area contributed by atoms with Crippen molar-refractivity contribution in [2.75, 3.05) is 0 Å². The van der Waals surface area contributed by atoms with Crippen molar-refractivity contribution >= 4 is 11.6 Å². The van der Waals surface area contributed by atoms with E-state index in [1.165, 1.54) is 19.3 Å². The van der Waals surface area contributed by atoms with Gasteiger partial charge >= 0.3 is 0 Å². The third-order valence-corrected chi connectivity index (χ3v) is 3.66. The Kier molecular flexibility index (Phi) is 4.64. The number of hydrogen-bond acceptors (Lipinski definition) is 1. The molecule has 1 N–H and O–H groups in total. The van der Waals surface area contributed by atoms with Crippen molar-refractivity contribution in [1.29, 1.82) is 0 Å². The minimum atomic E-state index is -0.401. The predicted molar refractivity (Wildman–Crippen MR) is 72.1 cm³/mol. The first kappa shape index (κ1) is 12.7. The molecule has 0 saturated heterocycles. The van der Waals surface area contributed by atoms with Crippen molar-refractivity contribution in [1.82, 2.24) is 0 Å². The molecule has 0 amide bonds. The Balaban J connectivity index is 2.09. The molecule has 0 spiro atoms. The Morgan fingerprint density at radius 3 is 2.65 bits per heavy atom. The Morgan fingerprint density at radius 2 is 1.88 bits per heavy atom. The molecular formula is C15H19ClO. The highest BCUT2D eigenvalue weighted by atomic mass is 35.5. The van der Waals surface area contributed by atoms with E-state index < -0.39 is 6.10 Å². The fourth-order valence-corrected chi connectivity index (χ4v) is 2.48. The van der Waals surface area contributed by atoms with Crippen molar-refractivity contribution in [2.45, 2.75) is 38.2 Å². The fourth-order valence-electron chi connectivity index (χ4n) is 2.36. The molecule has 1 aliphatic carbocycles. The molecule has 1 nitrogen and oxygen atoms in total. The zero-order valence-electron chi connectivity index (χ0n) is 9.98. The molecule has 0 heterocycles. The maximum absolute atomic E-state index is 10.4. The highest BCUT2D eigenvalue weighted by Gasteiger charge is 2.18. The van der Waals surface area contributed by atoms with E-state index in [4.69, 9.17) is 11.6 Å². The first-order chi connectivity index (χ1) is 8.27. The van der Waals surface area contributed by atoms with Crippen LogP contribution in [0.5, 0.6) is 0 Å². The van der Waals surface area contributed by atoms with E-state index in [9.17, 15) is 5.11 Å². The summed E-state index contributed by atoms with van der Waals surface area (Å²) >= 11 is 5.85. The second-order valence-corrected chi connectivity index (χ2v) is 5.16. The molecule has 1 aliphatic rings. The van der Waals surface area contributed by atoms with Crippen molar-refractivity contribution in [3.63, 3.8) is 0 Å². The van der Waals surface area contributed by atoms with Crippen LogP contribution in [0.4, 0.5) is 0 Å². The van der Waals surface area contributed by atoms with Gasteiger partial charge in [0.1, 0.15) is 0 Å². The zero-order chi connectivity index (χ0) is 12.1. The number of allylic oxidation sites excluding steroid dienone is 1. The van der Waals surface area contributed by atoms with Gasteiger partial charge in [-0.3, -0.25) is 0 Å². The number of rotatable bonds is 2. The topological polar surface area (TPSA) is 20.2 Å². The van der Waals surface area contributed by atoms with E-state index in [0.29, 0.717) is 5.02 Å². The van der Waals surface area contributed by atoms with Gasteiger partial charge in [0.15, 0.2) is 0 Å². The van der Waals surface area contributed by atoms with Gasteiger partial charge in [0.05, 0.1) is 6.10 Å². The molecule has 92 valence electrons. The van der Waals surface area contributed by atoms with Crippen LogP contribution in [0.15, 0.2) is 36.4 Å². The molecule has 2 heteroatoms. The van der Waals surface area contributed by atoms with E-state index in [2.05, 4.69) is 12.2 Å². The van der Waals surface area contributed by atoms with Gasteiger partial charge in [0.2, 0.25) is 0 Å². The highest BCUT2D eigenvalue weighted by Crippen LogP contribution is 2.30. The van der Waals surface area contributed by atoms with Crippen LogP contribution in [-0.2, 0) is 0 Å². The number of hydrogen-bond donors (Lipinski definition) is 1. The summed E-state index contributed by atoms with van der Waals surface area (Å²) < 4.78 is 0. The van der Waals surface area contributed by atoms with Crippen molar-refractivity contribution < 1.29 is 5.11 Å². The molecule has 2 unspecified atom stereocenters. The van der Waals surface area contributed by atoms with Gasteiger partial charge in [-0.25, -0.2) is 0 Å². The molecule has 1 aromatic rings. The highest BCUT2D eigenvalue weighted by molar-refractivity contribution is 6.30. The third kappa shape index (κ3) is 3.58. The molecular weight excluding hydrogens is 232 g/mol. The Morgan fingerprint density at radius 1 is 1.12 bits per heavy atom. The summed E-state index contributed by atoms with van der Waals surface area (Å²) in [6, 6.07) is 7.51. The van der Waals surface area contributed by atoms with E-state index in [0.717, 1.165) is 18.4 Å². The SMILES string of the molecule is OC(c1ccc(Cl)cc1)C1/C=C\CCCCC1. The Bertz CT molecular complexity index is 369. The van der Waals surface area contributed by atoms with Crippen LogP contribution >= 0.6 is 11.6 Å². The van der Waals surface area contributed by atoms with Crippen LogP contribution in [-0.4, -0.2) is 5.11 Å². The van der Waals surface area contributed by atoms with Crippen LogP contribution in [0.2, 0.25) is 5.02 Å². The average molecular weight is 251 g/mol. The lowest BCUT2D eigenvalue weighted by Gasteiger charge is -2.21. The largest absolute Gasteiger partial charge is 0.388 e. The minimum absolute atomic E-state index is 0.247. The summed E-state index contributed by atoms with van der Waals surface area (Å²) in [4.78, 5) is 0. The lowest BCUT2D eigenvalue weighted by molar-refractivity contribution is 0.124. The van der Waals surface area contributed by atoms with E-state index >= 15 is 0 Å². The summed E-state index contributed by atoms with van der Waals surface area (Å²) in [6.45, 7) is 0. The van der Waals surface area contributed by atoms with Crippen molar-refractivity contribution in [2.24, 2.45) is 5.92 Å². The number of benzene rings is 1. The maximum atomic E-state index is 10.4. The summed E-state index contributed by atoms with van der Waals surface area (Å²) in [7, 11) is 0. The van der Waals surface area contributed by atoms with E-state index in [1.807, 2.05) is 24.3 Å². The number of aliphatic hydroxyl groups excluding tert-OH is 1. The zero-order valence-corrected chi connectivity index (χ0v) is 10.7. The second kappa shape index (κ2) is 6.23. The lowest BCUT2D eigenvalue weighted by atomic mass is 9.88. The summed E-state index contributed by atoms with van der Waals surface area (Å²) in [6.07, 6.45) is 9.96. The van der Waals surface area contributed by atoms with Crippen LogP contribution in [0.3, 0.4) is 0 Å². The smallest absolute Gasteiger partial charge is 0.0852 e. The maximum Gasteiger partial charge on any atom is 0.0852 e. The molecule has 2 atom stereocenters. The molecule has 2 rings (SSSR count). The van der Waals surface area contributed by atoms with Gasteiger partial charge in [0.25, 0.3) is 0 Å². The average Bonchev–Trinajstić information content (AvgIpc) is 2.29. The second-order valence-electron chi connectivity index (χ2n) is 4.73. The summed E-state index contributed by atoms with van der Waals surface area (Å²) in [5.41, 5.74) is 0.963. The van der Waals surface area contributed by atoms with Crippen LogP contribution < -0.4 is 0 Å².